The smallest absolute Gasteiger partial charge is 0.242 e. The van der Waals surface area contributed by atoms with Gasteiger partial charge in [-0.15, -0.1) is 0 Å². The first-order chi connectivity index (χ1) is 12.1. The second kappa shape index (κ2) is 8.60. The SMILES string of the molecule is COc1ccc(C[C@@H](C#N)C(=O)Nc2ccccc2OC)c(OC)c1. The zero-order valence-corrected chi connectivity index (χ0v) is 14.4. The molecule has 2 rings (SSSR count). The van der Waals surface area contributed by atoms with Crippen LogP contribution in [0.5, 0.6) is 17.2 Å². The van der Waals surface area contributed by atoms with Crippen molar-refractivity contribution >= 4 is 11.6 Å². The minimum absolute atomic E-state index is 0.227. The summed E-state index contributed by atoms with van der Waals surface area (Å²) in [6.45, 7) is 0. The predicted octanol–water partition coefficient (Wildman–Crippen LogP) is 3.03. The number of carbonyl (C=O) groups is 1. The quantitative estimate of drug-likeness (QED) is 0.838. The van der Waals surface area contributed by atoms with Crippen molar-refractivity contribution in [2.45, 2.75) is 6.42 Å². The van der Waals surface area contributed by atoms with Gasteiger partial charge in [0.15, 0.2) is 0 Å². The van der Waals surface area contributed by atoms with Crippen LogP contribution >= 0.6 is 0 Å². The van der Waals surface area contributed by atoms with E-state index in [9.17, 15) is 10.1 Å². The minimum atomic E-state index is -0.868. The summed E-state index contributed by atoms with van der Waals surface area (Å²) in [7, 11) is 4.62. The fraction of sp³-hybridized carbons (Fsp3) is 0.263. The number of nitriles is 1. The van der Waals surface area contributed by atoms with Crippen LogP contribution in [0.1, 0.15) is 5.56 Å². The predicted molar refractivity (Wildman–Crippen MR) is 94.0 cm³/mol. The highest BCUT2D eigenvalue weighted by Gasteiger charge is 2.21. The van der Waals surface area contributed by atoms with Crippen LogP contribution in [0.25, 0.3) is 0 Å². The van der Waals surface area contributed by atoms with Gasteiger partial charge in [-0.2, -0.15) is 5.26 Å². The maximum atomic E-state index is 12.5. The Hall–Kier alpha value is -3.20. The number of rotatable bonds is 7. The number of nitrogens with zero attached hydrogens (tertiary/aromatic N) is 1. The number of para-hydroxylation sites is 2. The zero-order chi connectivity index (χ0) is 18.2. The molecule has 0 unspecified atom stereocenters. The Kier molecular flexibility index (Phi) is 6.24. The van der Waals surface area contributed by atoms with Crippen molar-refractivity contribution in [2.24, 2.45) is 5.92 Å². The van der Waals surface area contributed by atoms with Crippen molar-refractivity contribution in [3.63, 3.8) is 0 Å². The molecule has 0 aromatic heterocycles. The molecule has 0 heterocycles. The van der Waals surface area contributed by atoms with Gasteiger partial charge >= 0.3 is 0 Å². The third-order valence-corrected chi connectivity index (χ3v) is 3.76. The third kappa shape index (κ3) is 4.42. The van der Waals surface area contributed by atoms with E-state index >= 15 is 0 Å². The molecule has 130 valence electrons. The van der Waals surface area contributed by atoms with Crippen LogP contribution in [0.4, 0.5) is 5.69 Å². The highest BCUT2D eigenvalue weighted by molar-refractivity contribution is 5.95. The van der Waals surface area contributed by atoms with E-state index in [-0.39, 0.29) is 6.42 Å². The molecule has 6 heteroatoms. The summed E-state index contributed by atoms with van der Waals surface area (Å²) in [5.41, 5.74) is 1.28. The summed E-state index contributed by atoms with van der Waals surface area (Å²) in [6, 6.07) is 14.4. The number of benzene rings is 2. The number of hydrogen-bond donors (Lipinski definition) is 1. The van der Waals surface area contributed by atoms with Crippen LogP contribution in [0.15, 0.2) is 42.5 Å². The fourth-order valence-corrected chi connectivity index (χ4v) is 2.41. The van der Waals surface area contributed by atoms with Gasteiger partial charge in [-0.1, -0.05) is 18.2 Å². The maximum Gasteiger partial charge on any atom is 0.242 e. The molecule has 0 bridgehead atoms. The highest BCUT2D eigenvalue weighted by Crippen LogP contribution is 2.28. The molecule has 0 aliphatic carbocycles. The van der Waals surface area contributed by atoms with Crippen LogP contribution < -0.4 is 19.5 Å². The molecule has 6 nitrogen and oxygen atoms in total. The number of ether oxygens (including phenoxy) is 3. The number of anilines is 1. The number of amides is 1. The van der Waals surface area contributed by atoms with Crippen molar-refractivity contribution < 1.29 is 19.0 Å². The number of nitrogens with one attached hydrogen (secondary N) is 1. The molecule has 1 atom stereocenters. The van der Waals surface area contributed by atoms with Gasteiger partial charge in [-0.05, 0) is 23.8 Å². The average molecular weight is 340 g/mol. The number of hydrogen-bond acceptors (Lipinski definition) is 5. The van der Waals surface area contributed by atoms with Gasteiger partial charge in [0, 0.05) is 12.5 Å². The molecular formula is C19H20N2O4. The molecular weight excluding hydrogens is 320 g/mol. The molecule has 0 aliphatic heterocycles. The summed E-state index contributed by atoms with van der Waals surface area (Å²) < 4.78 is 15.7. The Balaban J connectivity index is 2.17. The van der Waals surface area contributed by atoms with E-state index < -0.39 is 11.8 Å². The molecule has 25 heavy (non-hydrogen) atoms. The third-order valence-electron chi connectivity index (χ3n) is 3.76. The number of carbonyl (C=O) groups excluding carboxylic acids is 1. The first kappa shape index (κ1) is 18.1. The molecule has 0 saturated carbocycles. The van der Waals surface area contributed by atoms with E-state index in [0.29, 0.717) is 22.9 Å². The molecule has 1 amide bonds. The summed E-state index contributed by atoms with van der Waals surface area (Å²) in [6.07, 6.45) is 0.227. The van der Waals surface area contributed by atoms with Crippen molar-refractivity contribution in [1.82, 2.24) is 0 Å². The zero-order valence-electron chi connectivity index (χ0n) is 14.4. The van der Waals surface area contributed by atoms with Crippen molar-refractivity contribution in [3.8, 4) is 23.3 Å². The minimum Gasteiger partial charge on any atom is -0.497 e. The van der Waals surface area contributed by atoms with E-state index in [1.165, 1.54) is 14.2 Å². The second-order valence-electron chi connectivity index (χ2n) is 5.25. The van der Waals surface area contributed by atoms with Crippen molar-refractivity contribution in [2.75, 3.05) is 26.6 Å². The van der Waals surface area contributed by atoms with Crippen molar-refractivity contribution in [1.29, 1.82) is 5.26 Å². The molecule has 1 N–H and O–H groups in total. The lowest BCUT2D eigenvalue weighted by Gasteiger charge is -2.15. The molecule has 0 fully saturated rings. The Labute approximate surface area is 146 Å². The number of methoxy groups -OCH3 is 3. The van der Waals surface area contributed by atoms with Gasteiger partial charge < -0.3 is 19.5 Å². The lowest BCUT2D eigenvalue weighted by atomic mass is 9.98. The maximum absolute atomic E-state index is 12.5. The normalized spacial score (nSPS) is 11.1. The Morgan fingerprint density at radius 3 is 2.44 bits per heavy atom. The Morgan fingerprint density at radius 2 is 1.80 bits per heavy atom. The largest absolute Gasteiger partial charge is 0.497 e. The summed E-state index contributed by atoms with van der Waals surface area (Å²) in [4.78, 5) is 12.5. The Morgan fingerprint density at radius 1 is 1.08 bits per heavy atom. The monoisotopic (exact) mass is 340 g/mol. The van der Waals surface area contributed by atoms with Crippen LogP contribution in [0.3, 0.4) is 0 Å². The summed E-state index contributed by atoms with van der Waals surface area (Å²) in [5.74, 6) is 0.490. The first-order valence-electron chi connectivity index (χ1n) is 7.67. The van der Waals surface area contributed by atoms with Crippen LogP contribution in [-0.2, 0) is 11.2 Å². The Bertz CT molecular complexity index is 783. The van der Waals surface area contributed by atoms with Gasteiger partial charge in [0.05, 0.1) is 33.1 Å². The van der Waals surface area contributed by atoms with E-state index in [4.69, 9.17) is 14.2 Å². The second-order valence-corrected chi connectivity index (χ2v) is 5.25. The topological polar surface area (TPSA) is 80.6 Å². The molecule has 2 aromatic rings. The van der Waals surface area contributed by atoms with Crippen LogP contribution in [-0.4, -0.2) is 27.2 Å². The van der Waals surface area contributed by atoms with E-state index in [0.717, 1.165) is 5.56 Å². The van der Waals surface area contributed by atoms with E-state index in [1.54, 1.807) is 49.6 Å². The average Bonchev–Trinajstić information content (AvgIpc) is 2.66. The molecule has 2 aromatic carbocycles. The van der Waals surface area contributed by atoms with Gasteiger partial charge in [0.25, 0.3) is 0 Å². The summed E-state index contributed by atoms with van der Waals surface area (Å²) >= 11 is 0. The first-order valence-corrected chi connectivity index (χ1v) is 7.67. The van der Waals surface area contributed by atoms with Gasteiger partial charge in [-0.3, -0.25) is 4.79 Å². The lowest BCUT2D eigenvalue weighted by Crippen LogP contribution is -2.24. The van der Waals surface area contributed by atoms with Crippen molar-refractivity contribution in [3.05, 3.63) is 48.0 Å². The van der Waals surface area contributed by atoms with Gasteiger partial charge in [-0.25, -0.2) is 0 Å². The molecule has 0 aliphatic rings. The standard InChI is InChI=1S/C19H20N2O4/c1-23-15-9-8-13(18(11-15)25-3)10-14(12-20)19(22)21-16-6-4-5-7-17(16)24-2/h4-9,11,14H,10H2,1-3H3,(H,21,22)/t14-/m0/s1. The lowest BCUT2D eigenvalue weighted by molar-refractivity contribution is -0.118. The van der Waals surface area contributed by atoms with Gasteiger partial charge in [0.2, 0.25) is 5.91 Å². The molecule has 0 spiro atoms. The fourth-order valence-electron chi connectivity index (χ4n) is 2.41. The molecule has 0 saturated heterocycles. The van der Waals surface area contributed by atoms with Crippen LogP contribution in [0, 0.1) is 17.2 Å². The summed E-state index contributed by atoms with van der Waals surface area (Å²) in [5, 5.41) is 12.2. The van der Waals surface area contributed by atoms with E-state index in [2.05, 4.69) is 5.32 Å². The molecule has 0 radical (unpaired) electrons. The van der Waals surface area contributed by atoms with Crippen LogP contribution in [0.2, 0.25) is 0 Å². The van der Waals surface area contributed by atoms with E-state index in [1.807, 2.05) is 6.07 Å². The highest BCUT2D eigenvalue weighted by atomic mass is 16.5. The van der Waals surface area contributed by atoms with Gasteiger partial charge in [0.1, 0.15) is 23.2 Å².